The van der Waals surface area contributed by atoms with Crippen molar-refractivity contribution in [2.75, 3.05) is 0 Å². The van der Waals surface area contributed by atoms with Crippen LogP contribution in [0.3, 0.4) is 0 Å². The molecule has 0 radical (unpaired) electrons. The van der Waals surface area contributed by atoms with Gasteiger partial charge in [0.2, 0.25) is 0 Å². The molecule has 0 unspecified atom stereocenters. The first kappa shape index (κ1) is 44.6. The van der Waals surface area contributed by atoms with Crippen molar-refractivity contribution in [2.45, 2.75) is 62.3 Å². The quantitative estimate of drug-likeness (QED) is 0.147. The van der Waals surface area contributed by atoms with E-state index < -0.39 is 0 Å². The number of aromatic nitrogens is 14. The van der Waals surface area contributed by atoms with Crippen molar-refractivity contribution in [1.29, 1.82) is 5.26 Å². The second kappa shape index (κ2) is 17.1. The van der Waals surface area contributed by atoms with Gasteiger partial charge in [0, 0.05) is 49.4 Å². The molecule has 352 valence electrons. The number of aryl methyl sites for hydroxylation is 8. The maximum Gasteiger partial charge on any atom is 0.163 e. The molecule has 0 spiro atoms. The minimum atomic E-state index is 0.564. The summed E-state index contributed by atoms with van der Waals surface area (Å²) in [5.41, 5.74) is 12.7. The largest absolute Gasteiger partial charge is 0.309 e. The third-order valence-electron chi connectivity index (χ3n) is 13.2. The first-order valence-electron chi connectivity index (χ1n) is 23.9. The Hall–Kier alpha value is -9.55. The van der Waals surface area contributed by atoms with Gasteiger partial charge in [-0.05, 0) is 164 Å². The maximum absolute atomic E-state index is 10.2. The molecular formula is C58H45N15. The Morgan fingerprint density at radius 3 is 1.03 bits per heavy atom. The van der Waals surface area contributed by atoms with E-state index in [1.165, 1.54) is 0 Å². The summed E-state index contributed by atoms with van der Waals surface area (Å²) in [5.74, 6) is 7.61. The van der Waals surface area contributed by atoms with Gasteiger partial charge in [-0.15, -0.1) is 0 Å². The van der Waals surface area contributed by atoms with E-state index >= 15 is 0 Å². The normalized spacial score (nSPS) is 11.6. The molecule has 15 nitrogen and oxygen atoms in total. The maximum atomic E-state index is 10.2. The highest BCUT2D eigenvalue weighted by molar-refractivity contribution is 6.13. The van der Waals surface area contributed by atoms with Gasteiger partial charge in [0.15, 0.2) is 23.3 Å². The van der Waals surface area contributed by atoms with E-state index in [9.17, 15) is 5.26 Å². The van der Waals surface area contributed by atoms with Crippen LogP contribution in [0.25, 0.3) is 112 Å². The van der Waals surface area contributed by atoms with E-state index in [2.05, 4.69) is 133 Å². The number of nitriles is 1. The smallest absolute Gasteiger partial charge is 0.163 e. The Labute approximate surface area is 419 Å². The van der Waals surface area contributed by atoms with E-state index in [-0.39, 0.29) is 0 Å². The minimum Gasteiger partial charge on any atom is -0.309 e. The Bertz CT molecular complexity index is 4050. The van der Waals surface area contributed by atoms with E-state index in [4.69, 9.17) is 39.9 Å². The lowest BCUT2D eigenvalue weighted by Crippen LogP contribution is -2.06. The molecule has 12 rings (SSSR count). The molecule has 6 heterocycles. The molecule has 0 aliphatic rings. The minimum absolute atomic E-state index is 0.564. The first-order chi connectivity index (χ1) is 35.3. The van der Waals surface area contributed by atoms with Crippen LogP contribution in [0.4, 0.5) is 0 Å². The number of benzene rings is 6. The molecule has 0 saturated carbocycles. The highest BCUT2D eigenvalue weighted by Crippen LogP contribution is 2.44. The van der Waals surface area contributed by atoms with Crippen LogP contribution in [0.5, 0.6) is 0 Å². The van der Waals surface area contributed by atoms with Gasteiger partial charge < -0.3 is 9.13 Å². The van der Waals surface area contributed by atoms with Crippen molar-refractivity contribution in [3.8, 4) is 74.1 Å². The van der Waals surface area contributed by atoms with Crippen molar-refractivity contribution in [1.82, 2.24) is 68.9 Å². The molecule has 12 aromatic rings. The highest BCUT2D eigenvalue weighted by atomic mass is 15.1. The Balaban J connectivity index is 1.17. The van der Waals surface area contributed by atoms with Gasteiger partial charge in [0.1, 0.15) is 46.6 Å². The summed E-state index contributed by atoms with van der Waals surface area (Å²) in [6.07, 6.45) is 0. The van der Waals surface area contributed by atoms with Gasteiger partial charge >= 0.3 is 0 Å². The SMILES string of the molecule is Cc1nc(C)nc(-c2ccc3c(c2)c2cc(-c4nc(C)nc(C)n4)ccc2n3-c2ccc(-c3cccc(C#N)c3)c(-n3c4ccc(-c5nc(C)nc(C)n5)cc4c4cc(-c5nc(C)nc(C)n5)ccc43)c2C)n1. The zero-order valence-corrected chi connectivity index (χ0v) is 41.6. The first-order valence-corrected chi connectivity index (χ1v) is 23.9. The van der Waals surface area contributed by atoms with E-state index in [1.807, 2.05) is 73.6 Å². The molecule has 73 heavy (non-hydrogen) atoms. The number of nitrogens with zero attached hydrogens (tertiary/aromatic N) is 15. The van der Waals surface area contributed by atoms with Crippen LogP contribution < -0.4 is 0 Å². The molecule has 6 aromatic carbocycles. The number of rotatable bonds is 7. The summed E-state index contributed by atoms with van der Waals surface area (Å²) in [6.45, 7) is 17.3. The number of hydrogen-bond donors (Lipinski definition) is 0. The lowest BCUT2D eigenvalue weighted by atomic mass is 9.97. The molecule has 15 heteroatoms. The summed E-state index contributed by atoms with van der Waals surface area (Å²) in [5, 5.41) is 14.2. The zero-order chi connectivity index (χ0) is 50.4. The summed E-state index contributed by atoms with van der Waals surface area (Å²) >= 11 is 0. The van der Waals surface area contributed by atoms with Crippen LogP contribution in [0.1, 0.15) is 57.7 Å². The second-order valence-electron chi connectivity index (χ2n) is 18.4. The van der Waals surface area contributed by atoms with Crippen LogP contribution in [-0.4, -0.2) is 68.9 Å². The third kappa shape index (κ3) is 7.76. The van der Waals surface area contributed by atoms with Crippen molar-refractivity contribution in [3.05, 3.63) is 167 Å². The Morgan fingerprint density at radius 2 is 0.685 bits per heavy atom. The Morgan fingerprint density at radius 1 is 0.342 bits per heavy atom. The third-order valence-corrected chi connectivity index (χ3v) is 13.2. The van der Waals surface area contributed by atoms with Crippen LogP contribution in [-0.2, 0) is 0 Å². The van der Waals surface area contributed by atoms with Crippen LogP contribution in [0.2, 0.25) is 0 Å². The van der Waals surface area contributed by atoms with E-state index in [1.54, 1.807) is 0 Å². The van der Waals surface area contributed by atoms with Crippen molar-refractivity contribution in [3.63, 3.8) is 0 Å². The highest BCUT2D eigenvalue weighted by Gasteiger charge is 2.25. The van der Waals surface area contributed by atoms with Crippen LogP contribution in [0.15, 0.2) is 109 Å². The monoisotopic (exact) mass is 951 g/mol. The van der Waals surface area contributed by atoms with Gasteiger partial charge in [0.05, 0.1) is 45.1 Å². The van der Waals surface area contributed by atoms with Gasteiger partial charge in [-0.1, -0.05) is 18.2 Å². The van der Waals surface area contributed by atoms with Gasteiger partial charge in [0.25, 0.3) is 0 Å². The van der Waals surface area contributed by atoms with Gasteiger partial charge in [-0.2, -0.15) is 5.26 Å². The summed E-state index contributed by atoms with van der Waals surface area (Å²) in [4.78, 5) is 56.0. The number of hydrogen-bond acceptors (Lipinski definition) is 13. The molecule has 0 aliphatic carbocycles. The van der Waals surface area contributed by atoms with Gasteiger partial charge in [-0.3, -0.25) is 0 Å². The van der Waals surface area contributed by atoms with Crippen molar-refractivity contribution < 1.29 is 0 Å². The zero-order valence-electron chi connectivity index (χ0n) is 41.6. The predicted molar refractivity (Wildman–Crippen MR) is 283 cm³/mol. The fourth-order valence-electron chi connectivity index (χ4n) is 10.3. The van der Waals surface area contributed by atoms with Crippen molar-refractivity contribution >= 4 is 43.6 Å². The standard InChI is InChI=1S/C58H45N15/c1-29-49(72-50-18-13-40(55-64-30(2)60-31(3)65-55)24-45(50)46-25-41(14-19-51(46)72)56-66-32(4)61-33(5)67-56)22-17-44(39-12-10-11-38(23-39)28-59)54(29)73-52-20-15-42(57-68-34(6)62-35(7)69-57)26-47(52)48-27-43(16-21-53(48)73)58-70-36(8)63-37(9)71-58/h10-27H,1-9H3. The second-order valence-corrected chi connectivity index (χ2v) is 18.4. The molecule has 0 fully saturated rings. The molecule has 0 bridgehead atoms. The molecule has 0 N–H and O–H groups in total. The molecule has 0 aliphatic heterocycles. The van der Waals surface area contributed by atoms with Crippen LogP contribution in [0, 0.1) is 73.6 Å². The molecule has 0 atom stereocenters. The van der Waals surface area contributed by atoms with Crippen LogP contribution >= 0.6 is 0 Å². The lowest BCUT2D eigenvalue weighted by Gasteiger charge is -2.21. The van der Waals surface area contributed by atoms with E-state index in [0.29, 0.717) is 75.5 Å². The Kier molecular flexibility index (Phi) is 10.5. The molecule has 6 aromatic heterocycles. The molecular weight excluding hydrogens is 907 g/mol. The molecule has 0 saturated heterocycles. The fraction of sp³-hybridized carbons (Fsp3) is 0.155. The summed E-state index contributed by atoms with van der Waals surface area (Å²) in [7, 11) is 0. The summed E-state index contributed by atoms with van der Waals surface area (Å²) in [6, 6.07) is 40.1. The lowest BCUT2D eigenvalue weighted by molar-refractivity contribution is 0.928. The average molecular weight is 952 g/mol. The van der Waals surface area contributed by atoms with Gasteiger partial charge in [-0.25, -0.2) is 59.8 Å². The predicted octanol–water partition coefficient (Wildman–Crippen LogP) is 11.6. The van der Waals surface area contributed by atoms with E-state index in [0.717, 1.165) is 93.9 Å². The van der Waals surface area contributed by atoms with Crippen molar-refractivity contribution in [2.24, 2.45) is 0 Å². The average Bonchev–Trinajstić information content (AvgIpc) is 3.86. The fourth-order valence-corrected chi connectivity index (χ4v) is 10.3. The molecule has 0 amide bonds. The summed E-state index contributed by atoms with van der Waals surface area (Å²) < 4.78 is 4.68. The topological polar surface area (TPSA) is 188 Å². The number of fused-ring (bicyclic) bond motifs is 6.